The summed E-state index contributed by atoms with van der Waals surface area (Å²) < 4.78 is 11.6. The molecule has 0 heterocycles. The van der Waals surface area contributed by atoms with Gasteiger partial charge in [0.15, 0.2) is 6.10 Å². The van der Waals surface area contributed by atoms with Crippen LogP contribution in [0.2, 0.25) is 0 Å². The summed E-state index contributed by atoms with van der Waals surface area (Å²) in [5.41, 5.74) is 2.93. The Morgan fingerprint density at radius 3 is 2.21 bits per heavy atom. The van der Waals surface area contributed by atoms with Crippen LogP contribution in [0, 0.1) is 0 Å². The number of benzene rings is 3. The van der Waals surface area contributed by atoms with Crippen LogP contribution < -0.4 is 14.8 Å². The van der Waals surface area contributed by atoms with Gasteiger partial charge in [0, 0.05) is 11.8 Å². The molecule has 3 rings (SSSR count). The highest BCUT2D eigenvalue weighted by Crippen LogP contribution is 2.23. The number of anilines is 1. The highest BCUT2D eigenvalue weighted by Gasteiger charge is 2.15. The van der Waals surface area contributed by atoms with Crippen molar-refractivity contribution < 1.29 is 14.3 Å². The number of hydrogen-bond acceptors (Lipinski definition) is 3. The van der Waals surface area contributed by atoms with E-state index in [1.807, 2.05) is 73.7 Å². The number of rotatable bonds is 8. The minimum Gasteiger partial charge on any atom is -0.491 e. The van der Waals surface area contributed by atoms with Gasteiger partial charge in [0.05, 0.1) is 6.10 Å². The summed E-state index contributed by atoms with van der Waals surface area (Å²) in [5.74, 6) is 1.18. The third-order valence-corrected chi connectivity index (χ3v) is 4.66. The van der Waals surface area contributed by atoms with Crippen LogP contribution in [0.1, 0.15) is 27.2 Å². The van der Waals surface area contributed by atoms with E-state index >= 15 is 0 Å². The van der Waals surface area contributed by atoms with Crippen LogP contribution in [-0.2, 0) is 4.79 Å². The topological polar surface area (TPSA) is 47.6 Å². The Bertz CT molecular complexity index is 922. The summed E-state index contributed by atoms with van der Waals surface area (Å²) in [7, 11) is 0. The molecule has 2 unspecified atom stereocenters. The Morgan fingerprint density at radius 2 is 1.52 bits per heavy atom. The number of carbonyl (C=O) groups is 1. The molecule has 2 atom stereocenters. The zero-order valence-corrected chi connectivity index (χ0v) is 17.1. The Kier molecular flexibility index (Phi) is 6.90. The molecule has 0 spiro atoms. The van der Waals surface area contributed by atoms with Crippen LogP contribution in [0.15, 0.2) is 78.9 Å². The van der Waals surface area contributed by atoms with E-state index in [1.165, 1.54) is 0 Å². The molecule has 0 aliphatic carbocycles. The molecule has 1 amide bonds. The maximum absolute atomic E-state index is 12.5. The lowest BCUT2D eigenvalue weighted by Gasteiger charge is -2.16. The van der Waals surface area contributed by atoms with E-state index < -0.39 is 6.10 Å². The molecular weight excluding hydrogens is 362 g/mol. The Morgan fingerprint density at radius 1 is 0.828 bits per heavy atom. The van der Waals surface area contributed by atoms with Gasteiger partial charge in [-0.2, -0.15) is 0 Å². The standard InChI is InChI=1S/C25H27NO3/c1-4-18(2)28-24-12-8-11-22(17-24)26-25(27)19(3)29-23-15-13-21(14-16-23)20-9-6-5-7-10-20/h5-19H,4H2,1-3H3,(H,26,27). The van der Waals surface area contributed by atoms with Crippen LogP contribution in [0.5, 0.6) is 11.5 Å². The second kappa shape index (κ2) is 9.78. The minimum absolute atomic E-state index is 0.127. The van der Waals surface area contributed by atoms with Gasteiger partial charge < -0.3 is 14.8 Å². The maximum Gasteiger partial charge on any atom is 0.265 e. The van der Waals surface area contributed by atoms with Gasteiger partial charge in [0.2, 0.25) is 0 Å². The number of hydrogen-bond donors (Lipinski definition) is 1. The molecule has 0 aliphatic rings. The first-order chi connectivity index (χ1) is 14.0. The zero-order chi connectivity index (χ0) is 20.6. The monoisotopic (exact) mass is 389 g/mol. The van der Waals surface area contributed by atoms with Crippen molar-refractivity contribution in [3.63, 3.8) is 0 Å². The summed E-state index contributed by atoms with van der Waals surface area (Å²) >= 11 is 0. The summed E-state index contributed by atoms with van der Waals surface area (Å²) in [4.78, 5) is 12.5. The van der Waals surface area contributed by atoms with E-state index in [2.05, 4.69) is 24.4 Å². The van der Waals surface area contributed by atoms with Crippen LogP contribution in [-0.4, -0.2) is 18.1 Å². The molecular formula is C25H27NO3. The van der Waals surface area contributed by atoms with Crippen LogP contribution in [0.3, 0.4) is 0 Å². The summed E-state index contributed by atoms with van der Waals surface area (Å²) in [6, 6.07) is 25.3. The van der Waals surface area contributed by atoms with Gasteiger partial charge in [0.1, 0.15) is 11.5 Å². The fourth-order valence-corrected chi connectivity index (χ4v) is 2.82. The van der Waals surface area contributed by atoms with Crippen molar-refractivity contribution in [2.45, 2.75) is 39.4 Å². The number of amides is 1. The minimum atomic E-state index is -0.628. The summed E-state index contributed by atoms with van der Waals surface area (Å²) in [6.07, 6.45) is 0.420. The fraction of sp³-hybridized carbons (Fsp3) is 0.240. The van der Waals surface area contributed by atoms with Crippen molar-refractivity contribution in [3.05, 3.63) is 78.9 Å². The first-order valence-corrected chi connectivity index (χ1v) is 9.95. The van der Waals surface area contributed by atoms with Crippen LogP contribution in [0.25, 0.3) is 11.1 Å². The normalized spacial score (nSPS) is 12.7. The van der Waals surface area contributed by atoms with Crippen molar-refractivity contribution in [1.29, 1.82) is 0 Å². The smallest absolute Gasteiger partial charge is 0.265 e. The predicted molar refractivity (Wildman–Crippen MR) is 117 cm³/mol. The molecule has 0 bridgehead atoms. The molecule has 1 N–H and O–H groups in total. The summed E-state index contributed by atoms with van der Waals surface area (Å²) in [5, 5.41) is 2.89. The molecule has 0 saturated heterocycles. The van der Waals surface area contributed by atoms with E-state index in [9.17, 15) is 4.79 Å². The third-order valence-electron chi connectivity index (χ3n) is 4.66. The van der Waals surface area contributed by atoms with Crippen molar-refractivity contribution in [2.24, 2.45) is 0 Å². The Balaban J connectivity index is 1.59. The van der Waals surface area contributed by atoms with Crippen LogP contribution in [0.4, 0.5) is 5.69 Å². The van der Waals surface area contributed by atoms with Gasteiger partial charge in [-0.05, 0) is 55.7 Å². The molecule has 0 saturated carbocycles. The fourth-order valence-electron chi connectivity index (χ4n) is 2.82. The van der Waals surface area contributed by atoms with Crippen molar-refractivity contribution in [2.75, 3.05) is 5.32 Å². The lowest BCUT2D eigenvalue weighted by atomic mass is 10.1. The average molecular weight is 389 g/mol. The molecule has 0 aliphatic heterocycles. The lowest BCUT2D eigenvalue weighted by molar-refractivity contribution is -0.122. The average Bonchev–Trinajstić information content (AvgIpc) is 2.75. The summed E-state index contributed by atoms with van der Waals surface area (Å²) in [6.45, 7) is 5.83. The van der Waals surface area contributed by atoms with Crippen molar-refractivity contribution in [1.82, 2.24) is 0 Å². The van der Waals surface area contributed by atoms with E-state index in [1.54, 1.807) is 6.92 Å². The Hall–Kier alpha value is -3.27. The van der Waals surface area contributed by atoms with E-state index in [4.69, 9.17) is 9.47 Å². The van der Waals surface area contributed by atoms with Crippen molar-refractivity contribution >= 4 is 11.6 Å². The molecule has 0 radical (unpaired) electrons. The molecule has 4 heteroatoms. The quantitative estimate of drug-likeness (QED) is 0.519. The molecule has 150 valence electrons. The SMILES string of the molecule is CCC(C)Oc1cccc(NC(=O)C(C)Oc2ccc(-c3ccccc3)cc2)c1. The predicted octanol–water partition coefficient (Wildman–Crippen LogP) is 5.94. The second-order valence-electron chi connectivity index (χ2n) is 7.00. The van der Waals surface area contributed by atoms with Gasteiger partial charge in [-0.25, -0.2) is 0 Å². The largest absolute Gasteiger partial charge is 0.491 e. The van der Waals surface area contributed by atoms with E-state index in [0.29, 0.717) is 11.4 Å². The van der Waals surface area contributed by atoms with Gasteiger partial charge in [-0.15, -0.1) is 0 Å². The molecule has 29 heavy (non-hydrogen) atoms. The Labute approximate surface area is 172 Å². The first kappa shape index (κ1) is 20.5. The van der Waals surface area contributed by atoms with Gasteiger partial charge >= 0.3 is 0 Å². The molecule has 0 aromatic heterocycles. The number of carbonyl (C=O) groups excluding carboxylic acids is 1. The maximum atomic E-state index is 12.5. The van der Waals surface area contributed by atoms with E-state index in [0.717, 1.165) is 23.3 Å². The first-order valence-electron chi connectivity index (χ1n) is 9.95. The lowest BCUT2D eigenvalue weighted by Crippen LogP contribution is -2.30. The number of ether oxygens (including phenoxy) is 2. The second-order valence-corrected chi connectivity index (χ2v) is 7.00. The molecule has 0 fully saturated rings. The highest BCUT2D eigenvalue weighted by molar-refractivity contribution is 5.94. The van der Waals surface area contributed by atoms with Gasteiger partial charge in [-0.3, -0.25) is 4.79 Å². The van der Waals surface area contributed by atoms with Crippen molar-refractivity contribution in [3.8, 4) is 22.6 Å². The molecule has 4 nitrogen and oxygen atoms in total. The highest BCUT2D eigenvalue weighted by atomic mass is 16.5. The van der Waals surface area contributed by atoms with Crippen LogP contribution >= 0.6 is 0 Å². The zero-order valence-electron chi connectivity index (χ0n) is 17.1. The van der Waals surface area contributed by atoms with Gasteiger partial charge in [0.25, 0.3) is 5.91 Å². The van der Waals surface area contributed by atoms with Gasteiger partial charge in [-0.1, -0.05) is 55.5 Å². The third kappa shape index (κ3) is 5.85. The van der Waals surface area contributed by atoms with E-state index in [-0.39, 0.29) is 12.0 Å². The number of nitrogens with one attached hydrogen (secondary N) is 1. The molecule has 3 aromatic rings. The molecule has 3 aromatic carbocycles.